The second-order valence-corrected chi connectivity index (χ2v) is 6.65. The molecule has 2 aromatic carbocycles. The number of benzene rings is 2. The molecule has 0 saturated carbocycles. The van der Waals surface area contributed by atoms with Crippen LogP contribution in [-0.4, -0.2) is 26.1 Å². The smallest absolute Gasteiger partial charge is 0.324 e. The maximum absolute atomic E-state index is 12.8. The number of hydrogen-bond acceptors (Lipinski definition) is 4. The van der Waals surface area contributed by atoms with E-state index in [1.165, 1.54) is 12.1 Å². The third-order valence-electron chi connectivity index (χ3n) is 3.65. The van der Waals surface area contributed by atoms with Crippen LogP contribution >= 0.6 is 15.9 Å². The Morgan fingerprint density at radius 2 is 2.00 bits per heavy atom. The van der Waals surface area contributed by atoms with E-state index < -0.39 is 11.7 Å². The Morgan fingerprint density at radius 3 is 2.70 bits per heavy atom. The van der Waals surface area contributed by atoms with Crippen LogP contribution in [0.1, 0.15) is 11.1 Å². The highest BCUT2D eigenvalue weighted by Gasteiger charge is 2.30. The summed E-state index contributed by atoms with van der Waals surface area (Å²) >= 11 is 3.34. The summed E-state index contributed by atoms with van der Waals surface area (Å²) in [7, 11) is 0. The van der Waals surface area contributed by atoms with E-state index in [1.807, 2.05) is 13.0 Å². The summed E-state index contributed by atoms with van der Waals surface area (Å²) in [6, 6.07) is 10.0. The number of carbonyl (C=O) groups is 1. The van der Waals surface area contributed by atoms with Crippen molar-refractivity contribution < 1.29 is 18.0 Å². The number of tetrazole rings is 1. The molecule has 3 rings (SSSR count). The van der Waals surface area contributed by atoms with Crippen molar-refractivity contribution in [1.29, 1.82) is 0 Å². The van der Waals surface area contributed by atoms with Gasteiger partial charge in [0.1, 0.15) is 6.54 Å². The van der Waals surface area contributed by atoms with Crippen LogP contribution in [0.3, 0.4) is 0 Å². The van der Waals surface area contributed by atoms with Crippen LogP contribution in [-0.2, 0) is 17.5 Å². The molecule has 0 atom stereocenters. The zero-order chi connectivity index (χ0) is 19.6. The number of halogens is 4. The van der Waals surface area contributed by atoms with Crippen LogP contribution in [0.25, 0.3) is 11.4 Å². The summed E-state index contributed by atoms with van der Waals surface area (Å²) in [6.07, 6.45) is -4.46. The molecule has 0 spiro atoms. The first-order chi connectivity index (χ1) is 12.7. The van der Waals surface area contributed by atoms with E-state index in [4.69, 9.17) is 0 Å². The van der Waals surface area contributed by atoms with Gasteiger partial charge in [-0.05, 0) is 48.0 Å². The molecule has 0 radical (unpaired) electrons. The molecule has 6 nitrogen and oxygen atoms in total. The van der Waals surface area contributed by atoms with E-state index in [-0.39, 0.29) is 23.8 Å². The van der Waals surface area contributed by atoms with E-state index in [0.717, 1.165) is 27.0 Å². The lowest BCUT2D eigenvalue weighted by Gasteiger charge is -2.08. The summed E-state index contributed by atoms with van der Waals surface area (Å²) in [5, 5.41) is 14.2. The molecule has 10 heteroatoms. The van der Waals surface area contributed by atoms with Gasteiger partial charge in [-0.15, -0.1) is 10.2 Å². The van der Waals surface area contributed by atoms with Crippen molar-refractivity contribution >= 4 is 27.5 Å². The molecule has 1 amide bonds. The molecule has 0 aliphatic carbocycles. The minimum atomic E-state index is -4.46. The molecular weight excluding hydrogens is 427 g/mol. The Kier molecular flexibility index (Phi) is 5.26. The third kappa shape index (κ3) is 4.70. The maximum Gasteiger partial charge on any atom is 0.416 e. The monoisotopic (exact) mass is 439 g/mol. The normalized spacial score (nSPS) is 11.4. The van der Waals surface area contributed by atoms with Crippen LogP contribution in [0, 0.1) is 6.92 Å². The summed E-state index contributed by atoms with van der Waals surface area (Å²) in [4.78, 5) is 13.2. The highest BCUT2D eigenvalue weighted by Crippen LogP contribution is 2.31. The Balaban J connectivity index is 1.72. The van der Waals surface area contributed by atoms with E-state index >= 15 is 0 Å². The summed E-state index contributed by atoms with van der Waals surface area (Å²) in [5.41, 5.74) is 0.871. The van der Waals surface area contributed by atoms with Crippen LogP contribution in [0.15, 0.2) is 46.9 Å². The Bertz CT molecular complexity index is 987. The number of hydrogen-bond donors (Lipinski definition) is 1. The van der Waals surface area contributed by atoms with Crippen molar-refractivity contribution in [2.75, 3.05) is 5.32 Å². The number of nitrogens with one attached hydrogen (secondary N) is 1. The topological polar surface area (TPSA) is 72.7 Å². The maximum atomic E-state index is 12.8. The largest absolute Gasteiger partial charge is 0.416 e. The predicted molar refractivity (Wildman–Crippen MR) is 95.8 cm³/mol. The Hall–Kier alpha value is -2.75. The fourth-order valence-electron chi connectivity index (χ4n) is 2.35. The molecule has 0 aliphatic rings. The first-order valence-corrected chi connectivity index (χ1v) is 8.53. The highest BCUT2D eigenvalue weighted by molar-refractivity contribution is 9.10. The fraction of sp³-hybridized carbons (Fsp3) is 0.176. The molecule has 0 fully saturated rings. The minimum absolute atomic E-state index is 0.00808. The highest BCUT2D eigenvalue weighted by atomic mass is 79.9. The lowest BCUT2D eigenvalue weighted by atomic mass is 10.1. The van der Waals surface area contributed by atoms with Gasteiger partial charge in [0.25, 0.3) is 0 Å². The van der Waals surface area contributed by atoms with E-state index in [0.29, 0.717) is 5.69 Å². The van der Waals surface area contributed by atoms with Gasteiger partial charge >= 0.3 is 6.18 Å². The average molecular weight is 440 g/mol. The molecule has 3 aromatic rings. The first kappa shape index (κ1) is 19.0. The van der Waals surface area contributed by atoms with Crippen molar-refractivity contribution in [2.45, 2.75) is 19.6 Å². The number of aromatic nitrogens is 4. The fourth-order valence-corrected chi connectivity index (χ4v) is 2.82. The number of anilines is 1. The Morgan fingerprint density at radius 1 is 1.22 bits per heavy atom. The third-order valence-corrected chi connectivity index (χ3v) is 4.14. The van der Waals surface area contributed by atoms with Crippen LogP contribution in [0.5, 0.6) is 0 Å². The van der Waals surface area contributed by atoms with Gasteiger partial charge < -0.3 is 5.32 Å². The molecular formula is C17H13BrF3N5O. The van der Waals surface area contributed by atoms with Crippen molar-refractivity contribution in [3.05, 3.63) is 58.1 Å². The van der Waals surface area contributed by atoms with Crippen molar-refractivity contribution in [3.8, 4) is 11.4 Å². The van der Waals surface area contributed by atoms with E-state index in [1.54, 1.807) is 12.1 Å². The van der Waals surface area contributed by atoms with E-state index in [9.17, 15) is 18.0 Å². The molecule has 1 aromatic heterocycles. The lowest BCUT2D eigenvalue weighted by Crippen LogP contribution is -2.20. The molecule has 0 aliphatic heterocycles. The molecule has 0 unspecified atom stereocenters. The standard InChI is InChI=1S/C17H13BrF3N5O/c1-10-7-13(18)5-6-14(10)22-15(27)9-26-24-16(23-25-26)11-3-2-4-12(8-11)17(19,20)21/h2-8H,9H2,1H3,(H,22,27). The van der Waals surface area contributed by atoms with Gasteiger partial charge in [0.15, 0.2) is 0 Å². The summed E-state index contributed by atoms with van der Waals surface area (Å²) < 4.78 is 39.3. The van der Waals surface area contributed by atoms with Crippen molar-refractivity contribution in [3.63, 3.8) is 0 Å². The van der Waals surface area contributed by atoms with Gasteiger partial charge in [-0.1, -0.05) is 28.1 Å². The van der Waals surface area contributed by atoms with Crippen LogP contribution < -0.4 is 5.32 Å². The van der Waals surface area contributed by atoms with Crippen molar-refractivity contribution in [2.24, 2.45) is 0 Å². The SMILES string of the molecule is Cc1cc(Br)ccc1NC(=O)Cn1nnc(-c2cccc(C(F)(F)F)c2)n1. The zero-order valence-corrected chi connectivity index (χ0v) is 15.5. The van der Waals surface area contributed by atoms with Gasteiger partial charge in [0, 0.05) is 15.7 Å². The van der Waals surface area contributed by atoms with Gasteiger partial charge in [-0.2, -0.15) is 18.0 Å². The molecule has 1 heterocycles. The quantitative estimate of drug-likeness (QED) is 0.664. The van der Waals surface area contributed by atoms with Crippen molar-refractivity contribution in [1.82, 2.24) is 20.2 Å². The lowest BCUT2D eigenvalue weighted by molar-refractivity contribution is -0.137. The second kappa shape index (κ2) is 7.47. The average Bonchev–Trinajstić information content (AvgIpc) is 3.05. The number of alkyl halides is 3. The molecule has 27 heavy (non-hydrogen) atoms. The minimum Gasteiger partial charge on any atom is -0.324 e. The molecule has 1 N–H and O–H groups in total. The number of nitrogens with zero attached hydrogens (tertiary/aromatic N) is 4. The summed E-state index contributed by atoms with van der Waals surface area (Å²) in [5.74, 6) is -0.373. The number of amides is 1. The van der Waals surface area contributed by atoms with Crippen LogP contribution in [0.4, 0.5) is 18.9 Å². The van der Waals surface area contributed by atoms with Gasteiger partial charge in [-0.3, -0.25) is 4.79 Å². The van der Waals surface area contributed by atoms with Gasteiger partial charge in [0.05, 0.1) is 5.56 Å². The van der Waals surface area contributed by atoms with Gasteiger partial charge in [0.2, 0.25) is 11.7 Å². The van der Waals surface area contributed by atoms with Crippen LogP contribution in [0.2, 0.25) is 0 Å². The number of carbonyl (C=O) groups excluding carboxylic acids is 1. The first-order valence-electron chi connectivity index (χ1n) is 7.74. The summed E-state index contributed by atoms with van der Waals surface area (Å²) in [6.45, 7) is 1.63. The molecule has 0 saturated heterocycles. The number of aryl methyl sites for hydroxylation is 1. The second-order valence-electron chi connectivity index (χ2n) is 5.73. The van der Waals surface area contributed by atoms with Gasteiger partial charge in [-0.25, -0.2) is 0 Å². The molecule has 0 bridgehead atoms. The number of rotatable bonds is 4. The zero-order valence-electron chi connectivity index (χ0n) is 14.0. The molecule has 140 valence electrons. The predicted octanol–water partition coefficient (Wildman–Crippen LogP) is 4.07. The Labute approximate surface area is 160 Å². The van der Waals surface area contributed by atoms with E-state index in [2.05, 4.69) is 36.7 Å².